The summed E-state index contributed by atoms with van der Waals surface area (Å²) in [5.74, 6) is -0.448. The Labute approximate surface area is 77.2 Å². The number of hydrogen-bond donors (Lipinski definition) is 1. The van der Waals surface area contributed by atoms with Crippen molar-refractivity contribution in [1.29, 1.82) is 0 Å². The molecule has 2 aromatic rings. The third-order valence-corrected chi connectivity index (χ3v) is 2.82. The molecule has 0 spiro atoms. The van der Waals surface area contributed by atoms with E-state index in [2.05, 4.69) is 12.6 Å². The van der Waals surface area contributed by atoms with Gasteiger partial charge in [0.15, 0.2) is 5.13 Å². The zero-order valence-corrected chi connectivity index (χ0v) is 7.55. The predicted octanol–water partition coefficient (Wildman–Crippen LogP) is 3.47. The number of rotatable bonds is 0. The van der Waals surface area contributed by atoms with E-state index in [0.29, 0.717) is 10.1 Å². The van der Waals surface area contributed by atoms with Crippen LogP contribution in [0.25, 0.3) is 10.1 Å². The van der Waals surface area contributed by atoms with Crippen LogP contribution < -0.4 is 0 Å². The van der Waals surface area contributed by atoms with Gasteiger partial charge >= 0.3 is 0 Å². The van der Waals surface area contributed by atoms with Crippen molar-refractivity contribution < 1.29 is 8.78 Å². The van der Waals surface area contributed by atoms with Crippen LogP contribution in [0.2, 0.25) is 0 Å². The molecular formula is C8H4F2S2. The Hall–Kier alpha value is -0.610. The van der Waals surface area contributed by atoms with Gasteiger partial charge in [-0.3, -0.25) is 0 Å². The van der Waals surface area contributed by atoms with E-state index in [1.54, 1.807) is 6.07 Å². The molecule has 0 aliphatic heterocycles. The van der Waals surface area contributed by atoms with Crippen molar-refractivity contribution in [3.63, 3.8) is 0 Å². The molecule has 0 aliphatic rings. The van der Waals surface area contributed by atoms with Crippen LogP contribution in [0, 0.1) is 10.9 Å². The molecule has 4 heteroatoms. The van der Waals surface area contributed by atoms with Crippen molar-refractivity contribution in [2.24, 2.45) is 0 Å². The highest BCUT2D eigenvalue weighted by molar-refractivity contribution is 7.80. The first-order valence-corrected chi connectivity index (χ1v) is 4.51. The van der Waals surface area contributed by atoms with Crippen molar-refractivity contribution in [2.75, 3.05) is 0 Å². The summed E-state index contributed by atoms with van der Waals surface area (Å²) in [6, 6.07) is 4.38. The Kier molecular flexibility index (Phi) is 1.81. The first-order valence-electron chi connectivity index (χ1n) is 3.25. The highest BCUT2D eigenvalue weighted by Crippen LogP contribution is 2.29. The highest BCUT2D eigenvalue weighted by atomic mass is 32.1. The van der Waals surface area contributed by atoms with Crippen LogP contribution in [-0.2, 0) is 0 Å². The molecule has 1 aromatic carbocycles. The van der Waals surface area contributed by atoms with E-state index in [-0.39, 0.29) is 10.0 Å². The molecule has 0 atom stereocenters. The van der Waals surface area contributed by atoms with Gasteiger partial charge in [0.2, 0.25) is 0 Å². The Morgan fingerprint density at radius 1 is 1.25 bits per heavy atom. The van der Waals surface area contributed by atoms with Crippen molar-refractivity contribution in [3.05, 3.63) is 29.1 Å². The Bertz CT molecular complexity index is 434. The van der Waals surface area contributed by atoms with E-state index in [9.17, 15) is 8.78 Å². The summed E-state index contributed by atoms with van der Waals surface area (Å²) < 4.78 is 26.4. The molecule has 2 rings (SSSR count). The maximum absolute atomic E-state index is 13.2. The largest absolute Gasteiger partial charge is 0.205 e. The number of halogens is 2. The van der Waals surface area contributed by atoms with E-state index in [1.165, 1.54) is 12.1 Å². The molecule has 0 N–H and O–H groups in total. The van der Waals surface area contributed by atoms with Gasteiger partial charge in [0.05, 0.1) is 0 Å². The summed E-state index contributed by atoms with van der Waals surface area (Å²) in [4.78, 5) is 0.250. The van der Waals surface area contributed by atoms with Crippen LogP contribution in [0.5, 0.6) is 0 Å². The lowest BCUT2D eigenvalue weighted by molar-refractivity contribution is 0.613. The van der Waals surface area contributed by atoms with Crippen LogP contribution in [0.3, 0.4) is 0 Å². The molecule has 0 saturated heterocycles. The molecular weight excluding hydrogens is 198 g/mol. The lowest BCUT2D eigenvalue weighted by Crippen LogP contribution is -1.76. The minimum Gasteiger partial charge on any atom is -0.205 e. The molecule has 0 saturated carbocycles. The van der Waals surface area contributed by atoms with Gasteiger partial charge in [0, 0.05) is 15.0 Å². The van der Waals surface area contributed by atoms with Gasteiger partial charge in [-0.2, -0.15) is 4.39 Å². The lowest BCUT2D eigenvalue weighted by Gasteiger charge is -1.94. The fourth-order valence-electron chi connectivity index (χ4n) is 1.04. The maximum atomic E-state index is 13.2. The minimum atomic E-state index is -0.448. The average Bonchev–Trinajstić information content (AvgIpc) is 2.39. The monoisotopic (exact) mass is 202 g/mol. The SMILES string of the molecule is Fc1cc2c(F)c(S)ccc2s1. The fraction of sp³-hybridized carbons (Fsp3) is 0. The predicted molar refractivity (Wildman–Crippen MR) is 49.0 cm³/mol. The van der Waals surface area contributed by atoms with Gasteiger partial charge in [0.25, 0.3) is 0 Å². The van der Waals surface area contributed by atoms with Crippen molar-refractivity contribution in [3.8, 4) is 0 Å². The van der Waals surface area contributed by atoms with Crippen molar-refractivity contribution in [2.45, 2.75) is 4.90 Å². The van der Waals surface area contributed by atoms with E-state index in [0.717, 1.165) is 11.3 Å². The van der Waals surface area contributed by atoms with Crippen LogP contribution in [-0.4, -0.2) is 0 Å². The molecule has 1 heterocycles. The minimum absolute atomic E-state index is 0.250. The summed E-state index contributed by atoms with van der Waals surface area (Å²) in [5.41, 5.74) is 0. The van der Waals surface area contributed by atoms with Gasteiger partial charge in [-0.1, -0.05) is 0 Å². The third kappa shape index (κ3) is 1.11. The Morgan fingerprint density at radius 3 is 2.75 bits per heavy atom. The molecule has 1 aromatic heterocycles. The number of thiophene rings is 1. The zero-order chi connectivity index (χ0) is 8.72. The summed E-state index contributed by atoms with van der Waals surface area (Å²) in [5, 5.41) is -0.0622. The molecule has 0 aliphatic carbocycles. The Balaban J connectivity index is 2.89. The molecule has 0 radical (unpaired) electrons. The fourth-order valence-corrected chi connectivity index (χ4v) is 2.01. The highest BCUT2D eigenvalue weighted by Gasteiger charge is 2.07. The van der Waals surface area contributed by atoms with Gasteiger partial charge in [-0.25, -0.2) is 4.39 Å². The van der Waals surface area contributed by atoms with Crippen LogP contribution in [0.4, 0.5) is 8.78 Å². The van der Waals surface area contributed by atoms with Crippen LogP contribution in [0.15, 0.2) is 23.1 Å². The molecule has 0 amide bonds. The van der Waals surface area contributed by atoms with E-state index in [4.69, 9.17) is 0 Å². The van der Waals surface area contributed by atoms with Crippen molar-refractivity contribution in [1.82, 2.24) is 0 Å². The first-order chi connectivity index (χ1) is 5.68. The average molecular weight is 202 g/mol. The Morgan fingerprint density at radius 2 is 2.00 bits per heavy atom. The number of hydrogen-bond acceptors (Lipinski definition) is 2. The quantitative estimate of drug-likeness (QED) is 0.621. The van der Waals surface area contributed by atoms with Crippen LogP contribution in [0.1, 0.15) is 0 Å². The van der Waals surface area contributed by atoms with Gasteiger partial charge < -0.3 is 0 Å². The normalized spacial score (nSPS) is 10.9. The lowest BCUT2D eigenvalue weighted by atomic mass is 10.2. The molecule has 0 unspecified atom stereocenters. The summed E-state index contributed by atoms with van der Waals surface area (Å²) in [6.07, 6.45) is 0. The number of fused-ring (bicyclic) bond motifs is 1. The summed E-state index contributed by atoms with van der Waals surface area (Å²) in [7, 11) is 0. The topological polar surface area (TPSA) is 0 Å². The van der Waals surface area contributed by atoms with E-state index in [1.807, 2.05) is 0 Å². The van der Waals surface area contributed by atoms with E-state index >= 15 is 0 Å². The van der Waals surface area contributed by atoms with Gasteiger partial charge in [-0.15, -0.1) is 24.0 Å². The first kappa shape index (κ1) is 8.01. The molecule has 0 bridgehead atoms. The van der Waals surface area contributed by atoms with Gasteiger partial charge in [0.1, 0.15) is 5.82 Å². The number of thiol groups is 1. The van der Waals surface area contributed by atoms with Crippen molar-refractivity contribution >= 4 is 34.1 Å². The summed E-state index contributed by atoms with van der Waals surface area (Å²) in [6.45, 7) is 0. The maximum Gasteiger partial charge on any atom is 0.177 e. The zero-order valence-electron chi connectivity index (χ0n) is 5.84. The summed E-state index contributed by atoms with van der Waals surface area (Å²) >= 11 is 4.82. The standard InChI is InChI=1S/C8H4F2S2/c9-7-3-4-6(12-7)2-1-5(11)8(4)10/h1-3,11H. The third-order valence-electron chi connectivity index (χ3n) is 1.58. The molecule has 0 nitrogen and oxygen atoms in total. The molecule has 12 heavy (non-hydrogen) atoms. The molecule has 0 fully saturated rings. The van der Waals surface area contributed by atoms with Crippen LogP contribution >= 0.6 is 24.0 Å². The second kappa shape index (κ2) is 2.71. The second-order valence-electron chi connectivity index (χ2n) is 2.36. The second-order valence-corrected chi connectivity index (χ2v) is 3.88. The smallest absolute Gasteiger partial charge is 0.177 e. The van der Waals surface area contributed by atoms with Gasteiger partial charge in [-0.05, 0) is 18.2 Å². The number of benzene rings is 1. The van der Waals surface area contributed by atoms with E-state index < -0.39 is 5.82 Å². The molecule has 62 valence electrons.